The Morgan fingerprint density at radius 3 is 2.41 bits per heavy atom. The zero-order valence-electron chi connectivity index (χ0n) is 11.0. The third-order valence-corrected chi connectivity index (χ3v) is 4.43. The Morgan fingerprint density at radius 2 is 1.88 bits per heavy atom. The van der Waals surface area contributed by atoms with Gasteiger partial charge in [-0.3, -0.25) is 4.79 Å². The Bertz CT molecular complexity index is 255. The summed E-state index contributed by atoms with van der Waals surface area (Å²) in [5.41, 5.74) is 5.61. The van der Waals surface area contributed by atoms with Gasteiger partial charge in [-0.15, -0.1) is 0 Å². The SMILES string of the molecule is CCCCN(CCN)C(=O)C1C2CCCCC21. The van der Waals surface area contributed by atoms with Gasteiger partial charge in [-0.2, -0.15) is 0 Å². The minimum atomic E-state index is 0.362. The predicted molar refractivity (Wildman–Crippen MR) is 69.5 cm³/mol. The van der Waals surface area contributed by atoms with Crippen LogP contribution in [0.15, 0.2) is 0 Å². The molecule has 2 fully saturated rings. The predicted octanol–water partition coefficient (Wildman–Crippen LogP) is 2.01. The van der Waals surface area contributed by atoms with E-state index in [1.165, 1.54) is 25.7 Å². The molecule has 0 aromatic carbocycles. The molecule has 3 heteroatoms. The zero-order chi connectivity index (χ0) is 12.3. The van der Waals surface area contributed by atoms with Crippen molar-refractivity contribution in [2.75, 3.05) is 19.6 Å². The zero-order valence-corrected chi connectivity index (χ0v) is 11.0. The lowest BCUT2D eigenvalue weighted by Gasteiger charge is -2.22. The Hall–Kier alpha value is -0.570. The molecule has 2 N–H and O–H groups in total. The number of carbonyl (C=O) groups excluding carboxylic acids is 1. The number of carbonyl (C=O) groups is 1. The van der Waals surface area contributed by atoms with Crippen molar-refractivity contribution in [1.29, 1.82) is 0 Å². The second-order valence-electron chi connectivity index (χ2n) is 5.61. The molecule has 0 aromatic rings. The van der Waals surface area contributed by atoms with Gasteiger partial charge in [0.25, 0.3) is 0 Å². The summed E-state index contributed by atoms with van der Waals surface area (Å²) in [5.74, 6) is 2.21. The number of nitrogens with zero attached hydrogens (tertiary/aromatic N) is 1. The van der Waals surface area contributed by atoms with Crippen LogP contribution in [0.3, 0.4) is 0 Å². The first-order chi connectivity index (χ1) is 8.29. The van der Waals surface area contributed by atoms with Gasteiger partial charge < -0.3 is 10.6 Å². The molecule has 2 rings (SSSR count). The van der Waals surface area contributed by atoms with Crippen LogP contribution in [0, 0.1) is 17.8 Å². The summed E-state index contributed by atoms with van der Waals surface area (Å²) in [6, 6.07) is 0. The van der Waals surface area contributed by atoms with Crippen LogP contribution in [0.2, 0.25) is 0 Å². The van der Waals surface area contributed by atoms with E-state index in [9.17, 15) is 4.79 Å². The molecular weight excluding hydrogens is 212 g/mol. The number of rotatable bonds is 6. The molecule has 0 spiro atoms. The smallest absolute Gasteiger partial charge is 0.226 e. The highest BCUT2D eigenvalue weighted by Crippen LogP contribution is 2.56. The molecule has 2 aliphatic carbocycles. The van der Waals surface area contributed by atoms with Crippen molar-refractivity contribution in [3.63, 3.8) is 0 Å². The quantitative estimate of drug-likeness (QED) is 0.769. The molecule has 1 amide bonds. The number of fused-ring (bicyclic) bond motifs is 1. The average molecular weight is 238 g/mol. The van der Waals surface area contributed by atoms with Gasteiger partial charge in [-0.1, -0.05) is 26.2 Å². The van der Waals surface area contributed by atoms with Gasteiger partial charge >= 0.3 is 0 Å². The fraction of sp³-hybridized carbons (Fsp3) is 0.929. The molecule has 0 bridgehead atoms. The first-order valence-corrected chi connectivity index (χ1v) is 7.28. The number of amides is 1. The van der Waals surface area contributed by atoms with E-state index >= 15 is 0 Å². The van der Waals surface area contributed by atoms with E-state index < -0.39 is 0 Å². The second kappa shape index (κ2) is 5.85. The van der Waals surface area contributed by atoms with Crippen LogP contribution in [0.4, 0.5) is 0 Å². The van der Waals surface area contributed by atoms with Gasteiger partial charge in [0.2, 0.25) is 5.91 Å². The van der Waals surface area contributed by atoms with Crippen molar-refractivity contribution < 1.29 is 4.79 Å². The summed E-state index contributed by atoms with van der Waals surface area (Å²) in [6.45, 7) is 4.41. The lowest BCUT2D eigenvalue weighted by molar-refractivity contribution is -0.133. The van der Waals surface area contributed by atoms with Crippen LogP contribution >= 0.6 is 0 Å². The summed E-state index contributed by atoms with van der Waals surface area (Å²) in [6.07, 6.45) is 7.48. The van der Waals surface area contributed by atoms with E-state index in [1.807, 2.05) is 4.90 Å². The molecule has 0 aromatic heterocycles. The van der Waals surface area contributed by atoms with E-state index in [0.717, 1.165) is 37.8 Å². The van der Waals surface area contributed by atoms with E-state index in [-0.39, 0.29) is 0 Å². The molecule has 2 saturated carbocycles. The third-order valence-electron chi connectivity index (χ3n) is 4.43. The Labute approximate surface area is 105 Å². The van der Waals surface area contributed by atoms with Crippen molar-refractivity contribution in [3.05, 3.63) is 0 Å². The standard InChI is InChI=1S/C14H26N2O/c1-2-3-9-16(10-8-15)14(17)13-11-6-4-5-7-12(11)13/h11-13H,2-10,15H2,1H3. The fourth-order valence-corrected chi connectivity index (χ4v) is 3.41. The van der Waals surface area contributed by atoms with Crippen LogP contribution < -0.4 is 5.73 Å². The van der Waals surface area contributed by atoms with E-state index in [4.69, 9.17) is 5.73 Å². The van der Waals surface area contributed by atoms with E-state index in [2.05, 4.69) is 6.92 Å². The van der Waals surface area contributed by atoms with Gasteiger partial charge in [0.1, 0.15) is 0 Å². The molecule has 0 heterocycles. The van der Waals surface area contributed by atoms with Crippen LogP contribution in [-0.2, 0) is 4.79 Å². The van der Waals surface area contributed by atoms with Crippen molar-refractivity contribution in [1.82, 2.24) is 4.90 Å². The van der Waals surface area contributed by atoms with Gasteiger partial charge in [-0.05, 0) is 31.1 Å². The summed E-state index contributed by atoms with van der Waals surface area (Å²) < 4.78 is 0. The number of hydrogen-bond acceptors (Lipinski definition) is 2. The molecule has 0 radical (unpaired) electrons. The van der Waals surface area contributed by atoms with E-state index in [0.29, 0.717) is 18.4 Å². The Balaban J connectivity index is 1.87. The van der Waals surface area contributed by atoms with Gasteiger partial charge in [0, 0.05) is 25.6 Å². The molecule has 2 atom stereocenters. The molecular formula is C14H26N2O. The minimum absolute atomic E-state index is 0.362. The van der Waals surface area contributed by atoms with Crippen molar-refractivity contribution in [3.8, 4) is 0 Å². The lowest BCUT2D eigenvalue weighted by Crippen LogP contribution is -2.37. The Kier molecular flexibility index (Phi) is 4.43. The van der Waals surface area contributed by atoms with Crippen LogP contribution in [0.5, 0.6) is 0 Å². The number of nitrogens with two attached hydrogens (primary N) is 1. The summed E-state index contributed by atoms with van der Waals surface area (Å²) in [7, 11) is 0. The van der Waals surface area contributed by atoms with Crippen molar-refractivity contribution >= 4 is 5.91 Å². The van der Waals surface area contributed by atoms with Crippen LogP contribution in [-0.4, -0.2) is 30.4 Å². The largest absolute Gasteiger partial charge is 0.341 e. The highest BCUT2D eigenvalue weighted by molar-refractivity contribution is 5.82. The van der Waals surface area contributed by atoms with E-state index in [1.54, 1.807) is 0 Å². The fourth-order valence-electron chi connectivity index (χ4n) is 3.41. The lowest BCUT2D eigenvalue weighted by atomic mass is 10.0. The minimum Gasteiger partial charge on any atom is -0.341 e. The highest BCUT2D eigenvalue weighted by atomic mass is 16.2. The van der Waals surface area contributed by atoms with Crippen molar-refractivity contribution in [2.45, 2.75) is 45.4 Å². The van der Waals surface area contributed by atoms with Crippen molar-refractivity contribution in [2.24, 2.45) is 23.5 Å². The topological polar surface area (TPSA) is 46.3 Å². The number of unbranched alkanes of at least 4 members (excludes halogenated alkanes) is 1. The molecule has 3 nitrogen and oxygen atoms in total. The number of hydrogen-bond donors (Lipinski definition) is 1. The molecule has 98 valence electrons. The second-order valence-corrected chi connectivity index (χ2v) is 5.61. The first-order valence-electron chi connectivity index (χ1n) is 7.28. The van der Waals surface area contributed by atoms with Crippen LogP contribution in [0.25, 0.3) is 0 Å². The van der Waals surface area contributed by atoms with Gasteiger partial charge in [0.15, 0.2) is 0 Å². The monoisotopic (exact) mass is 238 g/mol. The highest BCUT2D eigenvalue weighted by Gasteiger charge is 2.55. The van der Waals surface area contributed by atoms with Gasteiger partial charge in [-0.25, -0.2) is 0 Å². The average Bonchev–Trinajstić information content (AvgIpc) is 3.08. The molecule has 2 unspecified atom stereocenters. The maximum Gasteiger partial charge on any atom is 0.226 e. The summed E-state index contributed by atoms with van der Waals surface area (Å²) in [4.78, 5) is 14.5. The summed E-state index contributed by atoms with van der Waals surface area (Å²) >= 11 is 0. The third kappa shape index (κ3) is 2.82. The maximum atomic E-state index is 12.4. The van der Waals surface area contributed by atoms with Gasteiger partial charge in [0.05, 0.1) is 0 Å². The van der Waals surface area contributed by atoms with Crippen LogP contribution in [0.1, 0.15) is 45.4 Å². The normalized spacial score (nSPS) is 30.8. The molecule has 2 aliphatic rings. The Morgan fingerprint density at radius 1 is 1.24 bits per heavy atom. The molecule has 0 saturated heterocycles. The molecule has 17 heavy (non-hydrogen) atoms. The molecule has 0 aliphatic heterocycles. The first kappa shape index (κ1) is 12.9. The summed E-state index contributed by atoms with van der Waals surface area (Å²) in [5, 5.41) is 0. The maximum absolute atomic E-state index is 12.4.